The van der Waals surface area contributed by atoms with Crippen LogP contribution in [0.2, 0.25) is 0 Å². The van der Waals surface area contributed by atoms with Crippen LogP contribution in [-0.2, 0) is 9.53 Å². The summed E-state index contributed by atoms with van der Waals surface area (Å²) in [5.74, 6) is -1.63. The number of furan rings is 1. The average Bonchev–Trinajstić information content (AvgIpc) is 3.49. The van der Waals surface area contributed by atoms with Gasteiger partial charge in [0.25, 0.3) is 5.91 Å². The van der Waals surface area contributed by atoms with Gasteiger partial charge in [0.05, 0.1) is 17.7 Å². The van der Waals surface area contributed by atoms with Gasteiger partial charge in [-0.3, -0.25) is 9.59 Å². The lowest BCUT2D eigenvalue weighted by molar-refractivity contribution is -0.131. The number of carbonyl (C=O) groups is 2. The number of amides is 1. The van der Waals surface area contributed by atoms with E-state index in [1.54, 1.807) is 30.3 Å². The zero-order valence-corrected chi connectivity index (χ0v) is 16.7. The quantitative estimate of drug-likeness (QED) is 0.609. The van der Waals surface area contributed by atoms with Crippen molar-refractivity contribution in [2.45, 2.75) is 25.0 Å². The number of carbonyl (C=O) groups excluding carboxylic acids is 2. The molecule has 0 saturated carbocycles. The third kappa shape index (κ3) is 3.37. The van der Waals surface area contributed by atoms with Gasteiger partial charge in [-0.25, -0.2) is 0 Å². The summed E-state index contributed by atoms with van der Waals surface area (Å²) in [5.41, 5.74) is 1.12. The van der Waals surface area contributed by atoms with Crippen LogP contribution in [0.25, 0.3) is 11.0 Å². The Balaban J connectivity index is 1.57. The Labute approximate surface area is 178 Å². The summed E-state index contributed by atoms with van der Waals surface area (Å²) in [5, 5.41) is 21.2. The highest BCUT2D eigenvalue weighted by atomic mass is 16.5. The second-order valence-corrected chi connectivity index (χ2v) is 7.83. The Kier molecular flexibility index (Phi) is 4.75. The van der Waals surface area contributed by atoms with E-state index in [1.807, 2.05) is 12.1 Å². The SMILES string of the molecule is O=C(C1=C(O)C(=O)N(CC2CCCO2)C1c1ccc(O)cc1)c1cc2ccccc2o1. The molecular formula is C24H21NO6. The first kappa shape index (κ1) is 19.4. The van der Waals surface area contributed by atoms with Crippen molar-refractivity contribution in [3.8, 4) is 5.75 Å². The van der Waals surface area contributed by atoms with Crippen molar-refractivity contribution >= 4 is 22.7 Å². The van der Waals surface area contributed by atoms with Crippen LogP contribution in [0.3, 0.4) is 0 Å². The monoisotopic (exact) mass is 419 g/mol. The van der Waals surface area contributed by atoms with Crippen molar-refractivity contribution in [2.24, 2.45) is 0 Å². The van der Waals surface area contributed by atoms with Gasteiger partial charge in [0, 0.05) is 18.5 Å². The number of hydrogen-bond donors (Lipinski definition) is 2. The molecule has 158 valence electrons. The fraction of sp³-hybridized carbons (Fsp3) is 0.250. The zero-order valence-electron chi connectivity index (χ0n) is 16.7. The number of rotatable bonds is 5. The predicted molar refractivity (Wildman–Crippen MR) is 112 cm³/mol. The summed E-state index contributed by atoms with van der Waals surface area (Å²) in [6, 6.07) is 14.3. The number of phenolic OH excluding ortho intramolecular Hbond substituents is 1. The Morgan fingerprint density at radius 1 is 1.10 bits per heavy atom. The summed E-state index contributed by atoms with van der Waals surface area (Å²) in [7, 11) is 0. The van der Waals surface area contributed by atoms with Crippen molar-refractivity contribution in [3.05, 3.63) is 77.3 Å². The molecule has 2 atom stereocenters. The summed E-state index contributed by atoms with van der Waals surface area (Å²) in [4.78, 5) is 27.9. The first-order valence-corrected chi connectivity index (χ1v) is 10.2. The predicted octanol–water partition coefficient (Wildman–Crippen LogP) is 3.90. The number of Topliss-reactive ketones (excluding diaryl/α,β-unsaturated/α-hetero) is 1. The van der Waals surface area contributed by atoms with Crippen LogP contribution in [0.5, 0.6) is 5.75 Å². The maximum Gasteiger partial charge on any atom is 0.290 e. The molecule has 2 aliphatic heterocycles. The fourth-order valence-corrected chi connectivity index (χ4v) is 4.31. The Morgan fingerprint density at radius 3 is 2.58 bits per heavy atom. The smallest absolute Gasteiger partial charge is 0.290 e. The Morgan fingerprint density at radius 2 is 1.87 bits per heavy atom. The normalized spacial score (nSPS) is 21.4. The van der Waals surface area contributed by atoms with E-state index in [1.165, 1.54) is 17.0 Å². The van der Waals surface area contributed by atoms with Crippen LogP contribution in [-0.4, -0.2) is 46.1 Å². The van der Waals surface area contributed by atoms with Crippen LogP contribution in [0.4, 0.5) is 0 Å². The second kappa shape index (κ2) is 7.59. The summed E-state index contributed by atoms with van der Waals surface area (Å²) >= 11 is 0. The lowest BCUT2D eigenvalue weighted by Gasteiger charge is -2.28. The molecule has 2 unspecified atom stereocenters. The van der Waals surface area contributed by atoms with Gasteiger partial charge in [-0.1, -0.05) is 30.3 Å². The van der Waals surface area contributed by atoms with Crippen molar-refractivity contribution < 1.29 is 29.0 Å². The van der Waals surface area contributed by atoms with E-state index in [0.29, 0.717) is 17.8 Å². The summed E-state index contributed by atoms with van der Waals surface area (Å²) in [6.45, 7) is 0.881. The minimum absolute atomic E-state index is 0.0345. The van der Waals surface area contributed by atoms with Crippen LogP contribution in [0.1, 0.15) is 35.0 Å². The molecule has 7 heteroatoms. The van der Waals surface area contributed by atoms with Crippen LogP contribution < -0.4 is 0 Å². The van der Waals surface area contributed by atoms with Gasteiger partial charge in [-0.2, -0.15) is 0 Å². The summed E-state index contributed by atoms with van der Waals surface area (Å²) < 4.78 is 11.4. The molecule has 1 fully saturated rings. The van der Waals surface area contributed by atoms with E-state index in [9.17, 15) is 19.8 Å². The molecule has 3 heterocycles. The standard InChI is InChI=1S/C24H21NO6/c26-16-9-7-14(8-10-16)21-20(22(27)19-12-15-4-1-2-6-18(15)31-19)23(28)24(29)25(21)13-17-5-3-11-30-17/h1-2,4,6-10,12,17,21,26,28H,3,5,11,13H2. The van der Waals surface area contributed by atoms with E-state index in [2.05, 4.69) is 0 Å². The Bertz CT molecular complexity index is 1150. The number of ketones is 1. The van der Waals surface area contributed by atoms with Gasteiger partial charge in [0.1, 0.15) is 11.3 Å². The topological polar surface area (TPSA) is 100 Å². The van der Waals surface area contributed by atoms with Crippen molar-refractivity contribution in [1.29, 1.82) is 0 Å². The van der Waals surface area contributed by atoms with Crippen LogP contribution >= 0.6 is 0 Å². The molecule has 31 heavy (non-hydrogen) atoms. The third-order valence-corrected chi connectivity index (χ3v) is 5.83. The number of nitrogens with zero attached hydrogens (tertiary/aromatic N) is 1. The van der Waals surface area contributed by atoms with E-state index in [4.69, 9.17) is 9.15 Å². The molecule has 7 nitrogen and oxygen atoms in total. The lowest BCUT2D eigenvalue weighted by Crippen LogP contribution is -2.37. The van der Waals surface area contributed by atoms with Gasteiger partial charge in [-0.15, -0.1) is 0 Å². The molecule has 0 bridgehead atoms. The largest absolute Gasteiger partial charge is 0.508 e. The number of phenols is 1. The molecule has 1 aromatic heterocycles. The molecule has 2 N–H and O–H groups in total. The average molecular weight is 419 g/mol. The van der Waals surface area contributed by atoms with E-state index >= 15 is 0 Å². The minimum atomic E-state index is -0.807. The lowest BCUT2D eigenvalue weighted by atomic mass is 9.94. The first-order chi connectivity index (χ1) is 15.0. The van der Waals surface area contributed by atoms with E-state index < -0.39 is 23.5 Å². The highest BCUT2D eigenvalue weighted by molar-refractivity contribution is 6.16. The number of aliphatic hydroxyl groups excluding tert-OH is 1. The number of fused-ring (bicyclic) bond motifs is 1. The number of para-hydroxylation sites is 1. The number of aliphatic hydroxyl groups is 1. The van der Waals surface area contributed by atoms with Gasteiger partial charge in [0.15, 0.2) is 11.5 Å². The van der Waals surface area contributed by atoms with Crippen molar-refractivity contribution in [2.75, 3.05) is 13.2 Å². The zero-order chi connectivity index (χ0) is 21.5. The van der Waals surface area contributed by atoms with Crippen LogP contribution in [0, 0.1) is 0 Å². The molecule has 0 spiro atoms. The minimum Gasteiger partial charge on any atom is -0.508 e. The molecule has 5 rings (SSSR count). The maximum atomic E-state index is 13.4. The van der Waals surface area contributed by atoms with Gasteiger partial charge in [0.2, 0.25) is 5.78 Å². The van der Waals surface area contributed by atoms with E-state index in [-0.39, 0.29) is 29.7 Å². The molecule has 3 aromatic rings. The van der Waals surface area contributed by atoms with Gasteiger partial charge >= 0.3 is 0 Å². The first-order valence-electron chi connectivity index (χ1n) is 10.2. The molecule has 0 radical (unpaired) electrons. The van der Waals surface area contributed by atoms with Crippen molar-refractivity contribution in [3.63, 3.8) is 0 Å². The molecule has 1 saturated heterocycles. The molecule has 2 aliphatic rings. The number of hydrogen-bond acceptors (Lipinski definition) is 6. The van der Waals surface area contributed by atoms with Crippen molar-refractivity contribution in [1.82, 2.24) is 4.90 Å². The van der Waals surface area contributed by atoms with E-state index in [0.717, 1.165) is 18.2 Å². The highest BCUT2D eigenvalue weighted by Gasteiger charge is 2.45. The Hall–Kier alpha value is -3.58. The number of benzene rings is 2. The number of aromatic hydroxyl groups is 1. The van der Waals surface area contributed by atoms with Crippen LogP contribution in [0.15, 0.2) is 70.3 Å². The third-order valence-electron chi connectivity index (χ3n) is 5.83. The number of ether oxygens (including phenoxy) is 1. The fourth-order valence-electron chi connectivity index (χ4n) is 4.31. The molecule has 0 aliphatic carbocycles. The maximum absolute atomic E-state index is 13.4. The second-order valence-electron chi connectivity index (χ2n) is 7.83. The van der Waals surface area contributed by atoms with Gasteiger partial charge < -0.3 is 24.3 Å². The molecule has 2 aromatic carbocycles. The van der Waals surface area contributed by atoms with Gasteiger partial charge in [-0.05, 0) is 42.7 Å². The highest BCUT2D eigenvalue weighted by Crippen LogP contribution is 2.40. The molecule has 1 amide bonds. The summed E-state index contributed by atoms with van der Waals surface area (Å²) in [6.07, 6.45) is 1.55. The molecular weight excluding hydrogens is 398 g/mol.